The van der Waals surface area contributed by atoms with Gasteiger partial charge in [-0.25, -0.2) is 10.1 Å². The van der Waals surface area contributed by atoms with E-state index in [1.54, 1.807) is 6.07 Å². The Morgan fingerprint density at radius 2 is 2.07 bits per heavy atom. The van der Waals surface area contributed by atoms with Crippen molar-refractivity contribution < 1.29 is 14.6 Å². The maximum atomic E-state index is 13.0. The highest BCUT2D eigenvalue weighted by atomic mass is 16.7. The number of hydrogen-bond acceptors (Lipinski definition) is 4. The lowest BCUT2D eigenvalue weighted by Gasteiger charge is -2.22. The summed E-state index contributed by atoms with van der Waals surface area (Å²) in [6, 6.07) is 5.46. The van der Waals surface area contributed by atoms with Gasteiger partial charge in [0.1, 0.15) is 5.10 Å². The first kappa shape index (κ1) is 19.3. The fourth-order valence-electron chi connectivity index (χ4n) is 3.76. The zero-order chi connectivity index (χ0) is 19.8. The number of nitrogens with zero attached hydrogens (tertiary/aromatic N) is 4. The highest BCUT2D eigenvalue weighted by Gasteiger charge is 2.39. The molecule has 8 heteroatoms. The van der Waals surface area contributed by atoms with Gasteiger partial charge in [0.05, 0.1) is 12.2 Å². The van der Waals surface area contributed by atoms with Crippen LogP contribution in [0, 0.1) is 29.9 Å². The number of amides is 1. The molecule has 0 N–H and O–H groups in total. The van der Waals surface area contributed by atoms with Gasteiger partial charge in [-0.05, 0) is 57.4 Å². The molecule has 1 amide bonds. The summed E-state index contributed by atoms with van der Waals surface area (Å²) in [6.45, 7) is 10.1. The van der Waals surface area contributed by atoms with Crippen LogP contribution in [0.2, 0.25) is 0 Å². The molecule has 8 nitrogen and oxygen atoms in total. The molecule has 2 fully saturated rings. The number of rotatable bonds is 4. The molecule has 27 heavy (non-hydrogen) atoms. The van der Waals surface area contributed by atoms with Crippen LogP contribution >= 0.6 is 0 Å². The number of ether oxygens (including phenoxy) is 1. The molecule has 3 rings (SSSR count). The topological polar surface area (TPSA) is 88.3 Å². The number of hydrogen-bond donors (Lipinski definition) is 0. The lowest BCUT2D eigenvalue weighted by Crippen LogP contribution is -2.40. The van der Waals surface area contributed by atoms with Crippen molar-refractivity contribution in [1.82, 2.24) is 9.80 Å². The van der Waals surface area contributed by atoms with E-state index in [2.05, 4.69) is 5.10 Å². The number of carbonyl (C=O) groups excluding carboxylic acids is 1. The summed E-state index contributed by atoms with van der Waals surface area (Å²) < 4.78 is 5.77. The molecule has 1 aromatic carbocycles. The van der Waals surface area contributed by atoms with Gasteiger partial charge in [-0.2, -0.15) is 0 Å². The van der Waals surface area contributed by atoms with Gasteiger partial charge in [-0.3, -0.25) is 9.69 Å². The van der Waals surface area contributed by atoms with Crippen molar-refractivity contribution in [3.05, 3.63) is 45.0 Å². The molecule has 1 aromatic rings. The number of hydrazone groups is 1. The van der Waals surface area contributed by atoms with Crippen molar-refractivity contribution in [2.24, 2.45) is 11.0 Å². The van der Waals surface area contributed by atoms with E-state index < -0.39 is 5.03 Å². The zero-order valence-corrected chi connectivity index (χ0v) is 16.3. The monoisotopic (exact) mass is 374 g/mol. The van der Waals surface area contributed by atoms with E-state index in [9.17, 15) is 14.9 Å². The SMILES string of the molecule is Cc1ccc(C(=O)N2CCN(CC3COC(C)(C)C3)C2=N[N+](=O)[O-])cc1C. The molecule has 2 aliphatic heterocycles. The lowest BCUT2D eigenvalue weighted by molar-refractivity contribution is -0.486. The van der Waals surface area contributed by atoms with Gasteiger partial charge < -0.3 is 9.64 Å². The van der Waals surface area contributed by atoms with Crippen LogP contribution in [0.1, 0.15) is 41.8 Å². The van der Waals surface area contributed by atoms with E-state index in [-0.39, 0.29) is 23.4 Å². The summed E-state index contributed by atoms with van der Waals surface area (Å²) in [5.41, 5.74) is 2.44. The van der Waals surface area contributed by atoms with Crippen LogP contribution in [0.4, 0.5) is 0 Å². The first-order chi connectivity index (χ1) is 12.7. The Kier molecular flexibility index (Phi) is 5.19. The molecule has 2 heterocycles. The average Bonchev–Trinajstić information content (AvgIpc) is 3.12. The second-order valence-corrected chi connectivity index (χ2v) is 7.98. The minimum absolute atomic E-state index is 0.118. The Hall–Kier alpha value is -2.48. The minimum atomic E-state index is -0.733. The number of carbonyl (C=O) groups is 1. The number of aryl methyl sites for hydroxylation is 2. The molecule has 0 aliphatic carbocycles. The maximum Gasteiger partial charge on any atom is 0.281 e. The van der Waals surface area contributed by atoms with Gasteiger partial charge in [0.25, 0.3) is 11.9 Å². The molecule has 1 unspecified atom stereocenters. The number of nitro groups is 1. The second kappa shape index (κ2) is 7.26. The van der Waals surface area contributed by atoms with Crippen molar-refractivity contribution in [2.75, 3.05) is 26.2 Å². The molecule has 1 atom stereocenters. The van der Waals surface area contributed by atoms with Crippen LogP contribution in [0.5, 0.6) is 0 Å². The molecule has 0 spiro atoms. The Balaban J connectivity index is 1.80. The van der Waals surface area contributed by atoms with Crippen LogP contribution in [-0.2, 0) is 4.74 Å². The molecule has 146 valence electrons. The molecule has 0 saturated carbocycles. The van der Waals surface area contributed by atoms with Crippen molar-refractivity contribution in [3.63, 3.8) is 0 Å². The van der Waals surface area contributed by atoms with Gasteiger partial charge in [0.2, 0.25) is 0 Å². The van der Waals surface area contributed by atoms with E-state index in [4.69, 9.17) is 4.74 Å². The largest absolute Gasteiger partial charge is 0.375 e. The van der Waals surface area contributed by atoms with Crippen LogP contribution in [0.15, 0.2) is 23.3 Å². The van der Waals surface area contributed by atoms with Crippen LogP contribution in [0.3, 0.4) is 0 Å². The van der Waals surface area contributed by atoms with Gasteiger partial charge >= 0.3 is 0 Å². The minimum Gasteiger partial charge on any atom is -0.375 e. The Morgan fingerprint density at radius 3 is 2.67 bits per heavy atom. The Labute approximate surface area is 158 Å². The van der Waals surface area contributed by atoms with E-state index in [0.29, 0.717) is 31.8 Å². The molecule has 0 bridgehead atoms. The molecule has 2 saturated heterocycles. The summed E-state index contributed by atoms with van der Waals surface area (Å²) in [5.74, 6) is 0.116. The van der Waals surface area contributed by atoms with Crippen molar-refractivity contribution in [1.29, 1.82) is 0 Å². The van der Waals surface area contributed by atoms with Gasteiger partial charge in [0, 0.05) is 31.1 Å². The summed E-state index contributed by atoms with van der Waals surface area (Å²) in [6.07, 6.45) is 0.875. The highest BCUT2D eigenvalue weighted by Crippen LogP contribution is 2.30. The molecule has 0 aromatic heterocycles. The van der Waals surface area contributed by atoms with E-state index in [0.717, 1.165) is 17.5 Å². The summed E-state index contributed by atoms with van der Waals surface area (Å²) in [7, 11) is 0. The van der Waals surface area contributed by atoms with Crippen molar-refractivity contribution >= 4 is 11.9 Å². The quantitative estimate of drug-likeness (QED) is 0.596. The van der Waals surface area contributed by atoms with Gasteiger partial charge in [0.15, 0.2) is 5.03 Å². The predicted molar refractivity (Wildman–Crippen MR) is 101 cm³/mol. The first-order valence-electron chi connectivity index (χ1n) is 9.17. The standard InChI is InChI=1S/C19H26N4O4/c1-13-5-6-16(9-14(13)2)17(24)22-8-7-21(18(22)20-23(25)26)11-15-10-19(3,4)27-12-15/h5-6,9,15H,7-8,10-12H2,1-4H3. The zero-order valence-electron chi connectivity index (χ0n) is 16.3. The summed E-state index contributed by atoms with van der Waals surface area (Å²) in [4.78, 5) is 27.3. The van der Waals surface area contributed by atoms with E-state index in [1.165, 1.54) is 4.90 Å². The Morgan fingerprint density at radius 1 is 1.33 bits per heavy atom. The lowest BCUT2D eigenvalue weighted by atomic mass is 9.97. The van der Waals surface area contributed by atoms with Gasteiger partial charge in [-0.1, -0.05) is 6.07 Å². The maximum absolute atomic E-state index is 13.0. The molecule has 0 radical (unpaired) electrons. The van der Waals surface area contributed by atoms with Crippen LogP contribution in [-0.4, -0.2) is 58.5 Å². The summed E-state index contributed by atoms with van der Waals surface area (Å²) in [5, 5.41) is 13.9. The van der Waals surface area contributed by atoms with Crippen molar-refractivity contribution in [2.45, 2.75) is 39.7 Å². The summed E-state index contributed by atoms with van der Waals surface area (Å²) >= 11 is 0. The third kappa shape index (κ3) is 4.27. The van der Waals surface area contributed by atoms with Gasteiger partial charge in [-0.15, -0.1) is 0 Å². The predicted octanol–water partition coefficient (Wildman–Crippen LogP) is 2.42. The third-order valence-corrected chi connectivity index (χ3v) is 5.26. The smallest absolute Gasteiger partial charge is 0.281 e. The normalized spacial score (nSPS) is 23.3. The number of guanidine groups is 1. The van der Waals surface area contributed by atoms with E-state index >= 15 is 0 Å². The average molecular weight is 374 g/mol. The van der Waals surface area contributed by atoms with E-state index in [1.807, 2.05) is 44.7 Å². The fourth-order valence-corrected chi connectivity index (χ4v) is 3.76. The van der Waals surface area contributed by atoms with Crippen LogP contribution in [0.25, 0.3) is 0 Å². The Bertz CT molecular complexity index is 790. The highest BCUT2D eigenvalue weighted by molar-refractivity contribution is 6.06. The number of benzene rings is 1. The molecule has 2 aliphatic rings. The molecular formula is C19H26N4O4. The molecular weight excluding hydrogens is 348 g/mol. The van der Waals surface area contributed by atoms with Crippen LogP contribution < -0.4 is 0 Å². The fraction of sp³-hybridized carbons (Fsp3) is 0.579. The first-order valence-corrected chi connectivity index (χ1v) is 9.17. The second-order valence-electron chi connectivity index (χ2n) is 7.98. The van der Waals surface area contributed by atoms with Crippen molar-refractivity contribution in [3.8, 4) is 0 Å². The third-order valence-electron chi connectivity index (χ3n) is 5.26.